The minimum atomic E-state index is -0.0290. The summed E-state index contributed by atoms with van der Waals surface area (Å²) in [5.74, 6) is 0. The average molecular weight is 901 g/mol. The van der Waals surface area contributed by atoms with Crippen molar-refractivity contribution in [2.45, 2.75) is 58.3 Å². The van der Waals surface area contributed by atoms with Crippen LogP contribution in [0.15, 0.2) is 188 Å². The molecule has 0 radical (unpaired) electrons. The van der Waals surface area contributed by atoms with E-state index in [1.807, 2.05) is 18.5 Å². The van der Waals surface area contributed by atoms with Gasteiger partial charge in [-0.2, -0.15) is 0 Å². The van der Waals surface area contributed by atoms with E-state index in [1.165, 1.54) is 133 Å². The van der Waals surface area contributed by atoms with Crippen molar-refractivity contribution in [2.24, 2.45) is 5.73 Å². The second-order valence-electron chi connectivity index (χ2n) is 20.8. The number of pyridine rings is 1. The second kappa shape index (κ2) is 14.7. The summed E-state index contributed by atoms with van der Waals surface area (Å²) in [5, 5.41) is 5.03. The van der Waals surface area contributed by atoms with Gasteiger partial charge in [0.2, 0.25) is 0 Å². The largest absolute Gasteiger partial charge is 0.405 e. The zero-order chi connectivity index (χ0) is 47.2. The lowest BCUT2D eigenvalue weighted by Crippen LogP contribution is -2.14. The minimum absolute atomic E-state index is 0.0264. The molecule has 8 aromatic carbocycles. The Hall–Kier alpha value is -8.21. The number of fused-ring (bicyclic) bond motifs is 15. The molecule has 11 aromatic rings. The molecular formula is C66H52N4. The monoisotopic (exact) mass is 900 g/mol. The van der Waals surface area contributed by atoms with Crippen LogP contribution in [0.4, 0.5) is 0 Å². The number of benzene rings is 8. The van der Waals surface area contributed by atoms with E-state index in [0.717, 1.165) is 24.2 Å². The van der Waals surface area contributed by atoms with Gasteiger partial charge in [0.05, 0.1) is 22.1 Å². The molecule has 0 bridgehead atoms. The standard InChI is InChI=1S/C66H52N4/c1-6-45(25-28-67)69-61-23-19-41(39-17-21-59-51(31-39)47-11-7-9-13-57(47)65(59,2)3)33-53(61)55-35-43-15-16-44-36-56-54-34-42(40-18-22-60-52(32-40)48-12-8-10-14-58(48)66(60,4)5)20-24-62(54)70(46-26-29-68-30-27-46)64(56)38-50(44)49(43)37-63(55)69/h6-14,17-38H,15-16,67H2,1-5H3/b28-25-,45-6+. The summed E-state index contributed by atoms with van der Waals surface area (Å²) in [6.07, 6.45) is 11.6. The molecule has 0 saturated carbocycles. The number of nitrogens with zero attached hydrogens (tertiary/aromatic N) is 3. The molecule has 14 rings (SSSR count). The lowest BCUT2D eigenvalue weighted by Gasteiger charge is -2.21. The van der Waals surface area contributed by atoms with Crippen molar-refractivity contribution >= 4 is 49.3 Å². The molecule has 3 aliphatic rings. The molecule has 0 fully saturated rings. The van der Waals surface area contributed by atoms with Gasteiger partial charge in [-0.1, -0.05) is 119 Å². The summed E-state index contributed by atoms with van der Waals surface area (Å²) in [7, 11) is 0. The van der Waals surface area contributed by atoms with Crippen molar-refractivity contribution in [1.82, 2.24) is 14.1 Å². The van der Waals surface area contributed by atoms with Gasteiger partial charge in [-0.3, -0.25) is 4.98 Å². The Morgan fingerprint density at radius 3 is 1.51 bits per heavy atom. The van der Waals surface area contributed by atoms with Crippen molar-refractivity contribution in [2.75, 3.05) is 0 Å². The molecule has 0 saturated heterocycles. The van der Waals surface area contributed by atoms with Gasteiger partial charge in [-0.05, 0) is 194 Å². The first-order valence-corrected chi connectivity index (χ1v) is 24.8. The maximum Gasteiger partial charge on any atom is 0.0547 e. The van der Waals surface area contributed by atoms with Crippen molar-refractivity contribution in [3.63, 3.8) is 0 Å². The Morgan fingerprint density at radius 2 is 0.943 bits per heavy atom. The molecule has 0 atom stereocenters. The highest BCUT2D eigenvalue weighted by Gasteiger charge is 2.36. The lowest BCUT2D eigenvalue weighted by atomic mass is 9.82. The van der Waals surface area contributed by atoms with Gasteiger partial charge in [0, 0.05) is 56.2 Å². The molecule has 0 unspecified atom stereocenters. The Labute approximate surface area is 408 Å². The van der Waals surface area contributed by atoms with Crippen LogP contribution < -0.4 is 5.73 Å². The molecule has 0 spiro atoms. The topological polar surface area (TPSA) is 48.8 Å². The van der Waals surface area contributed by atoms with Gasteiger partial charge >= 0.3 is 0 Å². The van der Waals surface area contributed by atoms with E-state index in [2.05, 4.69) is 213 Å². The smallest absolute Gasteiger partial charge is 0.0547 e. The first kappa shape index (κ1) is 40.8. The normalized spacial score (nSPS) is 15.1. The molecule has 336 valence electrons. The fourth-order valence-electron chi connectivity index (χ4n) is 13.0. The third-order valence-electron chi connectivity index (χ3n) is 16.5. The number of aryl methyl sites for hydroxylation is 2. The van der Waals surface area contributed by atoms with Crippen LogP contribution in [-0.4, -0.2) is 14.1 Å². The molecule has 3 aromatic heterocycles. The minimum Gasteiger partial charge on any atom is -0.405 e. The zero-order valence-corrected chi connectivity index (χ0v) is 40.2. The van der Waals surface area contributed by atoms with E-state index in [-0.39, 0.29) is 10.8 Å². The lowest BCUT2D eigenvalue weighted by molar-refractivity contribution is 0.660. The van der Waals surface area contributed by atoms with Crippen LogP contribution in [0.3, 0.4) is 0 Å². The summed E-state index contributed by atoms with van der Waals surface area (Å²) < 4.78 is 4.84. The summed E-state index contributed by atoms with van der Waals surface area (Å²) in [6.45, 7) is 11.5. The predicted molar refractivity (Wildman–Crippen MR) is 294 cm³/mol. The van der Waals surface area contributed by atoms with Crippen LogP contribution in [0.5, 0.6) is 0 Å². The summed E-state index contributed by atoms with van der Waals surface area (Å²) in [4.78, 5) is 4.43. The Balaban J connectivity index is 0.944. The van der Waals surface area contributed by atoms with Crippen molar-refractivity contribution in [3.8, 4) is 61.3 Å². The molecule has 70 heavy (non-hydrogen) atoms. The van der Waals surface area contributed by atoms with Gasteiger partial charge in [-0.15, -0.1) is 0 Å². The molecule has 0 aliphatic heterocycles. The fraction of sp³-hybridized carbons (Fsp3) is 0.136. The fourth-order valence-corrected chi connectivity index (χ4v) is 13.0. The summed E-state index contributed by atoms with van der Waals surface area (Å²) >= 11 is 0. The Bertz CT molecular complexity index is 4130. The number of hydrogen-bond donors (Lipinski definition) is 1. The van der Waals surface area contributed by atoms with Crippen molar-refractivity contribution < 1.29 is 0 Å². The van der Waals surface area contributed by atoms with E-state index in [1.54, 1.807) is 6.20 Å². The van der Waals surface area contributed by atoms with Gasteiger partial charge in [-0.25, -0.2) is 0 Å². The van der Waals surface area contributed by atoms with Crippen LogP contribution in [0.1, 0.15) is 68.0 Å². The van der Waals surface area contributed by atoms with Crippen molar-refractivity contribution in [3.05, 3.63) is 222 Å². The maximum absolute atomic E-state index is 6.17. The summed E-state index contributed by atoms with van der Waals surface area (Å²) in [5.41, 5.74) is 34.2. The van der Waals surface area contributed by atoms with Gasteiger partial charge < -0.3 is 14.9 Å². The second-order valence-corrected chi connectivity index (χ2v) is 20.8. The molecule has 3 heterocycles. The van der Waals surface area contributed by atoms with Crippen LogP contribution >= 0.6 is 0 Å². The Kier molecular flexibility index (Phi) is 8.54. The number of aromatic nitrogens is 3. The highest BCUT2D eigenvalue weighted by Crippen LogP contribution is 2.52. The SMILES string of the molecule is C/C=C(\C=C/N)n1c2ccc(-c3ccc4c(c3)-c3ccccc3C4(C)C)cc2c2cc3c(cc21)-c1cc2c(cc1CC3)c1cc(-c3ccc4c(c3)-c3ccccc3C4(C)C)ccc1n2-c1ccncc1. The summed E-state index contributed by atoms with van der Waals surface area (Å²) in [6, 6.07) is 60.3. The number of hydrogen-bond acceptors (Lipinski definition) is 2. The van der Waals surface area contributed by atoms with Gasteiger partial charge in [0.25, 0.3) is 0 Å². The molecule has 4 heteroatoms. The quantitative estimate of drug-likeness (QED) is 0.175. The van der Waals surface area contributed by atoms with Crippen LogP contribution in [0.25, 0.3) is 111 Å². The number of rotatable bonds is 5. The predicted octanol–water partition coefficient (Wildman–Crippen LogP) is 16.3. The van der Waals surface area contributed by atoms with Crippen LogP contribution in [0, 0.1) is 0 Å². The van der Waals surface area contributed by atoms with Crippen LogP contribution in [-0.2, 0) is 23.7 Å². The molecule has 4 nitrogen and oxygen atoms in total. The van der Waals surface area contributed by atoms with E-state index in [4.69, 9.17) is 5.73 Å². The van der Waals surface area contributed by atoms with E-state index in [0.29, 0.717) is 0 Å². The third-order valence-corrected chi connectivity index (χ3v) is 16.5. The molecular weight excluding hydrogens is 849 g/mol. The van der Waals surface area contributed by atoms with E-state index in [9.17, 15) is 0 Å². The zero-order valence-electron chi connectivity index (χ0n) is 40.2. The molecule has 0 amide bonds. The number of allylic oxidation sites excluding steroid dienone is 3. The number of nitrogens with two attached hydrogens (primary N) is 1. The third kappa shape index (κ3) is 5.62. The maximum atomic E-state index is 6.17. The van der Waals surface area contributed by atoms with Gasteiger partial charge in [0.1, 0.15) is 0 Å². The Morgan fingerprint density at radius 1 is 0.471 bits per heavy atom. The first-order valence-electron chi connectivity index (χ1n) is 24.8. The first-order chi connectivity index (χ1) is 34.1. The average Bonchev–Trinajstić information content (AvgIpc) is 4.04. The van der Waals surface area contributed by atoms with Crippen LogP contribution in [0.2, 0.25) is 0 Å². The molecule has 3 aliphatic carbocycles. The van der Waals surface area contributed by atoms with E-state index < -0.39 is 0 Å². The van der Waals surface area contributed by atoms with Gasteiger partial charge in [0.15, 0.2) is 0 Å². The molecule has 2 N–H and O–H groups in total. The van der Waals surface area contributed by atoms with Crippen molar-refractivity contribution in [1.29, 1.82) is 0 Å². The van der Waals surface area contributed by atoms with E-state index >= 15 is 0 Å². The highest BCUT2D eigenvalue weighted by atomic mass is 15.0. The highest BCUT2D eigenvalue weighted by molar-refractivity contribution is 6.15.